The predicted molar refractivity (Wildman–Crippen MR) is 63.5 cm³/mol. The van der Waals surface area contributed by atoms with Gasteiger partial charge in [-0.1, -0.05) is 0 Å². The van der Waals surface area contributed by atoms with Crippen molar-refractivity contribution < 1.29 is 19.1 Å². The van der Waals surface area contributed by atoms with Gasteiger partial charge in [0.25, 0.3) is 0 Å². The molecule has 1 aromatic carbocycles. The first kappa shape index (κ1) is 12.6. The molecule has 5 heteroatoms. The molecule has 0 saturated heterocycles. The number of carbonyl (C=O) groups is 1. The van der Waals surface area contributed by atoms with Crippen LogP contribution in [0.4, 0.5) is 0 Å². The second-order valence-electron chi connectivity index (χ2n) is 4.37. The van der Waals surface area contributed by atoms with Crippen LogP contribution in [-0.2, 0) is 4.79 Å². The average Bonchev–Trinajstić information content (AvgIpc) is 2.14. The van der Waals surface area contributed by atoms with Gasteiger partial charge in [-0.05, 0) is 43.9 Å². The number of carboxylic acid groups (broad SMARTS) is 1. The van der Waals surface area contributed by atoms with Crippen LogP contribution >= 0.6 is 0 Å². The highest BCUT2D eigenvalue weighted by Gasteiger charge is 2.15. The molecular weight excluding hydrogens is 224 g/mol. The van der Waals surface area contributed by atoms with Gasteiger partial charge in [0, 0.05) is 0 Å². The molecule has 4 nitrogen and oxygen atoms in total. The van der Waals surface area contributed by atoms with Crippen molar-refractivity contribution in [1.82, 2.24) is 0 Å². The fraction of sp³-hybridized carbons (Fsp3) is 0.364. The van der Waals surface area contributed by atoms with Gasteiger partial charge in [0.05, 0.1) is 0 Å². The third-order valence-corrected chi connectivity index (χ3v) is 2.46. The van der Waals surface area contributed by atoms with Gasteiger partial charge in [-0.25, -0.2) is 4.79 Å². The molecule has 16 heavy (non-hydrogen) atoms. The maximum atomic E-state index is 10.3. The van der Waals surface area contributed by atoms with Crippen molar-refractivity contribution in [1.29, 1.82) is 0 Å². The molecule has 88 valence electrons. The van der Waals surface area contributed by atoms with Crippen LogP contribution in [0, 0.1) is 0 Å². The van der Waals surface area contributed by atoms with E-state index in [0.717, 1.165) is 5.75 Å². The van der Waals surface area contributed by atoms with Crippen LogP contribution in [0.2, 0.25) is 19.6 Å². The number of rotatable bonds is 5. The van der Waals surface area contributed by atoms with Gasteiger partial charge in [-0.3, -0.25) is 0 Å². The molecule has 0 radical (unpaired) electrons. The van der Waals surface area contributed by atoms with Gasteiger partial charge in [0.15, 0.2) is 6.61 Å². The van der Waals surface area contributed by atoms with E-state index >= 15 is 0 Å². The summed E-state index contributed by atoms with van der Waals surface area (Å²) in [5.41, 5.74) is 0. The molecule has 0 atom stereocenters. The maximum absolute atomic E-state index is 10.3. The molecule has 0 aliphatic rings. The van der Waals surface area contributed by atoms with Crippen LogP contribution in [-0.4, -0.2) is 26.0 Å². The van der Waals surface area contributed by atoms with E-state index in [-0.39, 0.29) is 6.61 Å². The Labute approximate surface area is 95.9 Å². The largest absolute Gasteiger partial charge is 0.544 e. The molecule has 1 aromatic rings. The molecule has 0 saturated carbocycles. The van der Waals surface area contributed by atoms with Crippen LogP contribution in [0.5, 0.6) is 11.5 Å². The van der Waals surface area contributed by atoms with Gasteiger partial charge in [0.1, 0.15) is 11.5 Å². The van der Waals surface area contributed by atoms with Crippen LogP contribution < -0.4 is 9.16 Å². The summed E-state index contributed by atoms with van der Waals surface area (Å²) in [6.07, 6.45) is 0. The van der Waals surface area contributed by atoms with Crippen LogP contribution in [0.15, 0.2) is 24.3 Å². The lowest BCUT2D eigenvalue weighted by atomic mass is 10.3. The van der Waals surface area contributed by atoms with Gasteiger partial charge in [0.2, 0.25) is 8.32 Å². The Kier molecular flexibility index (Phi) is 3.95. The third-order valence-electron chi connectivity index (χ3n) is 1.61. The molecule has 0 amide bonds. The average molecular weight is 240 g/mol. The number of ether oxygens (including phenoxy) is 1. The molecule has 0 aliphatic heterocycles. The molecule has 0 fully saturated rings. The van der Waals surface area contributed by atoms with Gasteiger partial charge >= 0.3 is 5.97 Å². The highest BCUT2D eigenvalue weighted by atomic mass is 28.4. The van der Waals surface area contributed by atoms with E-state index in [1.807, 2.05) is 0 Å². The standard InChI is InChI=1S/C11H16O4Si/c1-16(2,3)15-10-6-4-9(5-7-10)14-8-11(12)13/h4-7H,8H2,1-3H3,(H,12,13). The predicted octanol–water partition coefficient (Wildman–Crippen LogP) is 2.36. The number of hydrogen-bond acceptors (Lipinski definition) is 3. The third kappa shape index (κ3) is 4.84. The second kappa shape index (κ2) is 5.02. The Morgan fingerprint density at radius 3 is 2.12 bits per heavy atom. The van der Waals surface area contributed by atoms with Crippen molar-refractivity contribution in [2.45, 2.75) is 19.6 Å². The van der Waals surface area contributed by atoms with Crippen LogP contribution in [0.1, 0.15) is 0 Å². The van der Waals surface area contributed by atoms with Crippen molar-refractivity contribution in [2.24, 2.45) is 0 Å². The summed E-state index contributed by atoms with van der Waals surface area (Å²) in [6.45, 7) is 5.97. The Morgan fingerprint density at radius 2 is 1.69 bits per heavy atom. The quantitative estimate of drug-likeness (QED) is 0.803. The number of hydrogen-bond donors (Lipinski definition) is 1. The molecule has 0 bridgehead atoms. The Bertz CT molecular complexity index is 353. The normalized spacial score (nSPS) is 10.9. The minimum absolute atomic E-state index is 0.325. The van der Waals surface area contributed by atoms with E-state index in [4.69, 9.17) is 14.3 Å². The van der Waals surface area contributed by atoms with E-state index in [0.29, 0.717) is 5.75 Å². The fourth-order valence-electron chi connectivity index (χ4n) is 1.10. The minimum Gasteiger partial charge on any atom is -0.544 e. The lowest BCUT2D eigenvalue weighted by Crippen LogP contribution is -2.29. The zero-order chi connectivity index (χ0) is 12.2. The zero-order valence-corrected chi connectivity index (χ0v) is 10.7. The SMILES string of the molecule is C[Si](C)(C)Oc1ccc(OCC(=O)O)cc1. The van der Waals surface area contributed by atoms with Crippen molar-refractivity contribution in [2.75, 3.05) is 6.61 Å². The molecule has 0 spiro atoms. The lowest BCUT2D eigenvalue weighted by molar-refractivity contribution is -0.139. The Hall–Kier alpha value is -1.49. The minimum atomic E-state index is -1.59. The molecular formula is C11H16O4Si. The Morgan fingerprint density at radius 1 is 1.19 bits per heavy atom. The summed E-state index contributed by atoms with van der Waals surface area (Å²) < 4.78 is 10.8. The summed E-state index contributed by atoms with van der Waals surface area (Å²) in [5, 5.41) is 8.44. The van der Waals surface area contributed by atoms with Gasteiger partial charge in [-0.15, -0.1) is 0 Å². The molecule has 1 N–H and O–H groups in total. The molecule has 0 aliphatic carbocycles. The van der Waals surface area contributed by atoms with Crippen LogP contribution in [0.3, 0.4) is 0 Å². The highest BCUT2D eigenvalue weighted by Crippen LogP contribution is 2.20. The number of carboxylic acids is 1. The molecule has 0 aromatic heterocycles. The van der Waals surface area contributed by atoms with E-state index in [1.54, 1.807) is 24.3 Å². The Balaban J connectivity index is 2.57. The summed E-state index contributed by atoms with van der Waals surface area (Å²) in [7, 11) is -1.59. The number of aliphatic carboxylic acids is 1. The van der Waals surface area contributed by atoms with E-state index < -0.39 is 14.3 Å². The summed E-state index contributed by atoms with van der Waals surface area (Å²) in [4.78, 5) is 10.3. The van der Waals surface area contributed by atoms with E-state index in [1.165, 1.54) is 0 Å². The first-order valence-corrected chi connectivity index (χ1v) is 8.41. The molecule has 0 heterocycles. The first-order chi connectivity index (χ1) is 7.37. The fourth-order valence-corrected chi connectivity index (χ4v) is 1.95. The van der Waals surface area contributed by atoms with Crippen molar-refractivity contribution in [3.63, 3.8) is 0 Å². The maximum Gasteiger partial charge on any atom is 0.341 e. The van der Waals surface area contributed by atoms with Crippen molar-refractivity contribution >= 4 is 14.3 Å². The summed E-state index contributed by atoms with van der Waals surface area (Å²) >= 11 is 0. The monoisotopic (exact) mass is 240 g/mol. The van der Waals surface area contributed by atoms with Gasteiger partial charge < -0.3 is 14.3 Å². The lowest BCUT2D eigenvalue weighted by Gasteiger charge is -2.19. The van der Waals surface area contributed by atoms with Gasteiger partial charge in [-0.2, -0.15) is 0 Å². The summed E-state index contributed by atoms with van der Waals surface area (Å²) in [6, 6.07) is 6.99. The second-order valence-corrected chi connectivity index (χ2v) is 8.80. The van der Waals surface area contributed by atoms with Crippen molar-refractivity contribution in [3.8, 4) is 11.5 Å². The highest BCUT2D eigenvalue weighted by molar-refractivity contribution is 6.70. The topological polar surface area (TPSA) is 55.8 Å². The smallest absolute Gasteiger partial charge is 0.341 e. The first-order valence-electron chi connectivity index (χ1n) is 5.00. The van der Waals surface area contributed by atoms with E-state index in [9.17, 15) is 4.79 Å². The van der Waals surface area contributed by atoms with E-state index in [2.05, 4.69) is 19.6 Å². The van der Waals surface area contributed by atoms with Crippen LogP contribution in [0.25, 0.3) is 0 Å². The number of benzene rings is 1. The molecule has 1 rings (SSSR count). The molecule has 0 unspecified atom stereocenters. The zero-order valence-electron chi connectivity index (χ0n) is 9.69. The summed E-state index contributed by atoms with van der Waals surface area (Å²) in [5.74, 6) is 0.342. The van der Waals surface area contributed by atoms with Crippen molar-refractivity contribution in [3.05, 3.63) is 24.3 Å².